The van der Waals surface area contributed by atoms with Gasteiger partial charge in [-0.05, 0) is 43.0 Å². The maximum absolute atomic E-state index is 11.6. The molecule has 0 aromatic heterocycles. The number of benzene rings is 1. The van der Waals surface area contributed by atoms with Crippen molar-refractivity contribution >= 4 is 11.6 Å². The summed E-state index contributed by atoms with van der Waals surface area (Å²) in [7, 11) is 0. The largest absolute Gasteiger partial charge is 0.494 e. The van der Waals surface area contributed by atoms with Crippen molar-refractivity contribution in [3.63, 3.8) is 0 Å². The van der Waals surface area contributed by atoms with Gasteiger partial charge in [-0.25, -0.2) is 0 Å². The van der Waals surface area contributed by atoms with E-state index in [9.17, 15) is 4.79 Å². The van der Waals surface area contributed by atoms with E-state index in [1.54, 1.807) is 0 Å². The summed E-state index contributed by atoms with van der Waals surface area (Å²) in [4.78, 5) is 13.4. The van der Waals surface area contributed by atoms with Crippen LogP contribution in [0.1, 0.15) is 33.1 Å². The van der Waals surface area contributed by atoms with Gasteiger partial charge in [-0.1, -0.05) is 13.8 Å². The Labute approximate surface area is 109 Å². The number of ether oxygens (including phenoxy) is 1. The average molecular weight is 247 g/mol. The second-order valence-electron chi connectivity index (χ2n) is 5.17. The van der Waals surface area contributed by atoms with Crippen LogP contribution in [0.2, 0.25) is 0 Å². The van der Waals surface area contributed by atoms with E-state index in [4.69, 9.17) is 4.74 Å². The molecular weight excluding hydrogens is 226 g/mol. The molecule has 0 aliphatic carbocycles. The van der Waals surface area contributed by atoms with Crippen LogP contribution in [0.15, 0.2) is 24.3 Å². The Morgan fingerprint density at radius 3 is 2.56 bits per heavy atom. The summed E-state index contributed by atoms with van der Waals surface area (Å²) >= 11 is 0. The Morgan fingerprint density at radius 2 is 2.00 bits per heavy atom. The van der Waals surface area contributed by atoms with E-state index in [0.29, 0.717) is 12.3 Å². The van der Waals surface area contributed by atoms with E-state index in [2.05, 4.69) is 13.8 Å². The van der Waals surface area contributed by atoms with Crippen molar-refractivity contribution in [2.75, 3.05) is 18.1 Å². The van der Waals surface area contributed by atoms with Crippen molar-refractivity contribution in [2.24, 2.45) is 5.92 Å². The summed E-state index contributed by atoms with van der Waals surface area (Å²) in [5, 5.41) is 0. The highest BCUT2D eigenvalue weighted by Gasteiger charge is 2.21. The smallest absolute Gasteiger partial charge is 0.227 e. The Balaban J connectivity index is 1.91. The molecule has 0 radical (unpaired) electrons. The predicted octanol–water partition coefficient (Wildman–Crippen LogP) is 3.24. The van der Waals surface area contributed by atoms with E-state index in [-0.39, 0.29) is 5.91 Å². The summed E-state index contributed by atoms with van der Waals surface area (Å²) in [6.07, 6.45) is 2.70. The zero-order chi connectivity index (χ0) is 13.0. The topological polar surface area (TPSA) is 29.5 Å². The number of amides is 1. The Kier molecular flexibility index (Phi) is 4.24. The third-order valence-electron chi connectivity index (χ3n) is 3.19. The van der Waals surface area contributed by atoms with Crippen molar-refractivity contribution < 1.29 is 9.53 Å². The molecule has 1 aromatic carbocycles. The molecule has 1 heterocycles. The van der Waals surface area contributed by atoms with Gasteiger partial charge in [0.05, 0.1) is 6.61 Å². The molecule has 0 bridgehead atoms. The summed E-state index contributed by atoms with van der Waals surface area (Å²) < 4.78 is 5.66. The minimum atomic E-state index is 0.225. The highest BCUT2D eigenvalue weighted by atomic mass is 16.5. The van der Waals surface area contributed by atoms with Crippen LogP contribution in [-0.2, 0) is 4.79 Å². The van der Waals surface area contributed by atoms with Crippen molar-refractivity contribution in [1.29, 1.82) is 0 Å². The second kappa shape index (κ2) is 5.89. The molecule has 1 saturated heterocycles. The van der Waals surface area contributed by atoms with Gasteiger partial charge in [-0.15, -0.1) is 0 Å². The van der Waals surface area contributed by atoms with Crippen LogP contribution in [0.3, 0.4) is 0 Å². The first-order chi connectivity index (χ1) is 8.66. The van der Waals surface area contributed by atoms with Gasteiger partial charge in [-0.3, -0.25) is 4.79 Å². The van der Waals surface area contributed by atoms with Gasteiger partial charge < -0.3 is 9.64 Å². The number of rotatable bonds is 5. The minimum Gasteiger partial charge on any atom is -0.494 e. The van der Waals surface area contributed by atoms with E-state index in [0.717, 1.165) is 37.4 Å². The molecule has 98 valence electrons. The molecule has 1 fully saturated rings. The number of anilines is 1. The first-order valence-corrected chi connectivity index (χ1v) is 6.70. The summed E-state index contributed by atoms with van der Waals surface area (Å²) in [6.45, 7) is 5.96. The molecule has 1 aliphatic heterocycles. The van der Waals surface area contributed by atoms with Crippen LogP contribution < -0.4 is 9.64 Å². The molecule has 0 saturated carbocycles. The minimum absolute atomic E-state index is 0.225. The molecule has 0 N–H and O–H groups in total. The molecule has 2 rings (SSSR count). The third kappa shape index (κ3) is 3.25. The first-order valence-electron chi connectivity index (χ1n) is 6.70. The Morgan fingerprint density at radius 1 is 1.28 bits per heavy atom. The fourth-order valence-electron chi connectivity index (χ4n) is 2.06. The molecule has 0 atom stereocenters. The lowest BCUT2D eigenvalue weighted by Gasteiger charge is -2.16. The van der Waals surface area contributed by atoms with Crippen LogP contribution in [0.25, 0.3) is 0 Å². The van der Waals surface area contributed by atoms with Crippen molar-refractivity contribution in [1.82, 2.24) is 0 Å². The summed E-state index contributed by atoms with van der Waals surface area (Å²) in [5.41, 5.74) is 0.980. The molecule has 3 nitrogen and oxygen atoms in total. The van der Waals surface area contributed by atoms with E-state index in [1.165, 1.54) is 0 Å². The second-order valence-corrected chi connectivity index (χ2v) is 5.17. The molecule has 3 heteroatoms. The van der Waals surface area contributed by atoms with Crippen LogP contribution in [0, 0.1) is 5.92 Å². The van der Waals surface area contributed by atoms with Crippen molar-refractivity contribution in [3.8, 4) is 5.75 Å². The quantitative estimate of drug-likeness (QED) is 0.799. The zero-order valence-corrected chi connectivity index (χ0v) is 11.2. The van der Waals surface area contributed by atoms with Crippen LogP contribution in [0.4, 0.5) is 5.69 Å². The van der Waals surface area contributed by atoms with Crippen molar-refractivity contribution in [2.45, 2.75) is 33.1 Å². The Bertz CT molecular complexity index is 397. The normalized spacial score (nSPS) is 15.5. The molecule has 0 unspecified atom stereocenters. The van der Waals surface area contributed by atoms with Gasteiger partial charge in [0.1, 0.15) is 5.75 Å². The lowest BCUT2D eigenvalue weighted by molar-refractivity contribution is -0.117. The molecule has 0 spiro atoms. The van der Waals surface area contributed by atoms with E-state index in [1.807, 2.05) is 29.2 Å². The lowest BCUT2D eigenvalue weighted by Crippen LogP contribution is -2.23. The summed E-state index contributed by atoms with van der Waals surface area (Å²) in [5.74, 6) is 1.76. The fourth-order valence-corrected chi connectivity index (χ4v) is 2.06. The number of carbonyl (C=O) groups is 1. The van der Waals surface area contributed by atoms with Crippen LogP contribution in [0.5, 0.6) is 5.75 Å². The molecule has 18 heavy (non-hydrogen) atoms. The monoisotopic (exact) mass is 247 g/mol. The standard InChI is InChI=1S/C15H21NO2/c1-12(2)9-11-18-14-7-5-13(6-8-14)16-10-3-4-15(16)17/h5-8,12H,3-4,9-11H2,1-2H3. The van der Waals surface area contributed by atoms with Gasteiger partial charge in [-0.2, -0.15) is 0 Å². The predicted molar refractivity (Wildman–Crippen MR) is 73.0 cm³/mol. The maximum Gasteiger partial charge on any atom is 0.227 e. The van der Waals surface area contributed by atoms with E-state index < -0.39 is 0 Å². The van der Waals surface area contributed by atoms with Gasteiger partial charge >= 0.3 is 0 Å². The third-order valence-corrected chi connectivity index (χ3v) is 3.19. The highest BCUT2D eigenvalue weighted by Crippen LogP contribution is 2.24. The summed E-state index contributed by atoms with van der Waals surface area (Å²) in [6, 6.07) is 7.82. The number of hydrogen-bond donors (Lipinski definition) is 0. The van der Waals surface area contributed by atoms with Crippen LogP contribution >= 0.6 is 0 Å². The zero-order valence-electron chi connectivity index (χ0n) is 11.2. The number of carbonyl (C=O) groups excluding carboxylic acids is 1. The molecule has 1 amide bonds. The molecule has 1 aliphatic rings. The lowest BCUT2D eigenvalue weighted by atomic mass is 10.1. The van der Waals surface area contributed by atoms with Gasteiger partial charge in [0.2, 0.25) is 5.91 Å². The fraction of sp³-hybridized carbons (Fsp3) is 0.533. The molecule has 1 aromatic rings. The van der Waals surface area contributed by atoms with Crippen LogP contribution in [-0.4, -0.2) is 19.1 Å². The highest BCUT2D eigenvalue weighted by molar-refractivity contribution is 5.95. The van der Waals surface area contributed by atoms with Gasteiger partial charge in [0.15, 0.2) is 0 Å². The number of nitrogens with zero attached hydrogens (tertiary/aromatic N) is 1. The van der Waals surface area contributed by atoms with Gasteiger partial charge in [0, 0.05) is 18.7 Å². The van der Waals surface area contributed by atoms with Gasteiger partial charge in [0.25, 0.3) is 0 Å². The Hall–Kier alpha value is -1.51. The SMILES string of the molecule is CC(C)CCOc1ccc(N2CCCC2=O)cc1. The number of hydrogen-bond acceptors (Lipinski definition) is 2. The average Bonchev–Trinajstić information content (AvgIpc) is 2.76. The maximum atomic E-state index is 11.6. The van der Waals surface area contributed by atoms with E-state index >= 15 is 0 Å². The van der Waals surface area contributed by atoms with Crippen molar-refractivity contribution in [3.05, 3.63) is 24.3 Å². The molecular formula is C15H21NO2. The first kappa shape index (κ1) is 12.9.